The molecule has 0 saturated heterocycles. The van der Waals surface area contributed by atoms with E-state index in [1.807, 2.05) is 0 Å². The fourth-order valence-electron chi connectivity index (χ4n) is 1.99. The summed E-state index contributed by atoms with van der Waals surface area (Å²) in [5.41, 5.74) is 1.24. The lowest BCUT2D eigenvalue weighted by molar-refractivity contribution is -0.119. The van der Waals surface area contributed by atoms with E-state index < -0.39 is 18.5 Å². The Hall–Kier alpha value is -2.28. The van der Waals surface area contributed by atoms with E-state index in [0.29, 0.717) is 28.0 Å². The second-order valence-corrected chi connectivity index (χ2v) is 5.76. The number of benzene rings is 2. The molecule has 0 heterocycles. The maximum absolute atomic E-state index is 12.1. The molecule has 2 aromatic rings. The van der Waals surface area contributed by atoms with E-state index >= 15 is 0 Å². The third-order valence-electron chi connectivity index (χ3n) is 3.11. The fraction of sp³-hybridized carbons (Fsp3) is 0.176. The van der Waals surface area contributed by atoms with Gasteiger partial charge in [-0.1, -0.05) is 35.3 Å². The molecule has 2 rings (SSSR count). The van der Waals surface area contributed by atoms with Crippen molar-refractivity contribution in [2.75, 3.05) is 30.4 Å². The van der Waals surface area contributed by atoms with Crippen LogP contribution in [0.2, 0.25) is 10.0 Å². The minimum Gasteiger partial charge on any atom is -0.452 e. The Kier molecular flexibility index (Phi) is 7.06. The Balaban J connectivity index is 1.93. The predicted molar refractivity (Wildman–Crippen MR) is 97.4 cm³/mol. The zero-order chi connectivity index (χ0) is 18.2. The summed E-state index contributed by atoms with van der Waals surface area (Å²) in [5.74, 6) is -1.15. The third-order valence-corrected chi connectivity index (χ3v) is 3.85. The molecule has 6 nitrogen and oxygen atoms in total. The van der Waals surface area contributed by atoms with Gasteiger partial charge in [-0.05, 0) is 30.3 Å². The van der Waals surface area contributed by atoms with Gasteiger partial charge in [0.05, 0.1) is 22.2 Å². The van der Waals surface area contributed by atoms with E-state index in [2.05, 4.69) is 10.6 Å². The number of esters is 1. The number of carbonyl (C=O) groups excluding carboxylic acids is 2. The number of aliphatic hydroxyl groups is 1. The molecule has 3 N–H and O–H groups in total. The van der Waals surface area contributed by atoms with E-state index in [-0.39, 0.29) is 12.2 Å². The number of hydrogen-bond donors (Lipinski definition) is 3. The molecule has 0 aliphatic carbocycles. The van der Waals surface area contributed by atoms with Crippen molar-refractivity contribution in [2.24, 2.45) is 0 Å². The number of hydrogen-bond acceptors (Lipinski definition) is 5. The fourth-order valence-corrected chi connectivity index (χ4v) is 2.28. The average molecular weight is 383 g/mol. The summed E-state index contributed by atoms with van der Waals surface area (Å²) in [6.07, 6.45) is 0. The van der Waals surface area contributed by atoms with Gasteiger partial charge >= 0.3 is 5.97 Å². The number of ether oxygens (including phenoxy) is 1. The van der Waals surface area contributed by atoms with Gasteiger partial charge in [0.2, 0.25) is 0 Å². The molecule has 0 aliphatic heterocycles. The summed E-state index contributed by atoms with van der Waals surface area (Å²) < 4.78 is 5.02. The predicted octanol–water partition coefficient (Wildman–Crippen LogP) is 3.19. The standard InChI is InChI=1S/C17H16Cl2N2O4/c18-13-6-5-11(9-14(13)19)21-16(23)10-25-17(24)12-3-1-2-4-15(12)20-7-8-22/h1-6,9,20,22H,7-8,10H2,(H,21,23). The largest absolute Gasteiger partial charge is 0.452 e. The Labute approximate surface area is 154 Å². The van der Waals surface area contributed by atoms with Gasteiger partial charge in [-0.2, -0.15) is 0 Å². The average Bonchev–Trinajstić information content (AvgIpc) is 2.61. The van der Waals surface area contributed by atoms with Crippen LogP contribution in [0.15, 0.2) is 42.5 Å². The zero-order valence-corrected chi connectivity index (χ0v) is 14.6. The second kappa shape index (κ2) is 9.27. The molecular weight excluding hydrogens is 367 g/mol. The first-order valence-corrected chi connectivity index (χ1v) is 8.12. The summed E-state index contributed by atoms with van der Waals surface area (Å²) in [6.45, 7) is -0.231. The summed E-state index contributed by atoms with van der Waals surface area (Å²) in [7, 11) is 0. The van der Waals surface area contributed by atoms with Gasteiger partial charge < -0.3 is 20.5 Å². The van der Waals surface area contributed by atoms with Crippen molar-refractivity contribution in [3.05, 3.63) is 58.1 Å². The van der Waals surface area contributed by atoms with Gasteiger partial charge in [-0.25, -0.2) is 4.79 Å². The first kappa shape index (κ1) is 19.1. The van der Waals surface area contributed by atoms with Crippen molar-refractivity contribution >= 4 is 46.5 Å². The molecule has 2 aromatic carbocycles. The summed E-state index contributed by atoms with van der Waals surface area (Å²) >= 11 is 11.7. The summed E-state index contributed by atoms with van der Waals surface area (Å²) in [5, 5.41) is 15.0. The first-order valence-electron chi connectivity index (χ1n) is 7.37. The van der Waals surface area contributed by atoms with Crippen molar-refractivity contribution in [3.8, 4) is 0 Å². The normalized spacial score (nSPS) is 10.2. The molecule has 0 radical (unpaired) electrons. The van der Waals surface area contributed by atoms with Gasteiger partial charge in [0.15, 0.2) is 6.61 Å². The molecule has 0 spiro atoms. The van der Waals surface area contributed by atoms with Crippen LogP contribution in [0.3, 0.4) is 0 Å². The van der Waals surface area contributed by atoms with Crippen molar-refractivity contribution < 1.29 is 19.4 Å². The molecule has 0 aliphatic rings. The Morgan fingerprint density at radius 3 is 2.56 bits per heavy atom. The monoisotopic (exact) mass is 382 g/mol. The maximum atomic E-state index is 12.1. The van der Waals surface area contributed by atoms with E-state index in [1.165, 1.54) is 6.07 Å². The van der Waals surface area contributed by atoms with Gasteiger partial charge in [0, 0.05) is 17.9 Å². The van der Waals surface area contributed by atoms with Crippen LogP contribution in [0.1, 0.15) is 10.4 Å². The van der Waals surface area contributed by atoms with Gasteiger partial charge in [0.25, 0.3) is 5.91 Å². The highest BCUT2D eigenvalue weighted by atomic mass is 35.5. The lowest BCUT2D eigenvalue weighted by Crippen LogP contribution is -2.21. The number of rotatable bonds is 7. The highest BCUT2D eigenvalue weighted by Gasteiger charge is 2.14. The number of halogens is 2. The van der Waals surface area contributed by atoms with Crippen molar-refractivity contribution in [1.82, 2.24) is 0 Å². The van der Waals surface area contributed by atoms with Crippen LogP contribution in [0.25, 0.3) is 0 Å². The number of para-hydroxylation sites is 1. The number of nitrogens with one attached hydrogen (secondary N) is 2. The van der Waals surface area contributed by atoms with E-state index in [9.17, 15) is 9.59 Å². The van der Waals surface area contributed by atoms with Crippen molar-refractivity contribution in [2.45, 2.75) is 0 Å². The Morgan fingerprint density at radius 1 is 1.08 bits per heavy atom. The van der Waals surface area contributed by atoms with Crippen LogP contribution in [-0.2, 0) is 9.53 Å². The molecule has 0 aromatic heterocycles. The highest BCUT2D eigenvalue weighted by Crippen LogP contribution is 2.25. The number of carbonyl (C=O) groups is 2. The number of amides is 1. The SMILES string of the molecule is O=C(COC(=O)c1ccccc1NCCO)Nc1ccc(Cl)c(Cl)c1. The second-order valence-electron chi connectivity index (χ2n) is 4.95. The molecule has 0 saturated carbocycles. The van der Waals surface area contributed by atoms with Crippen LogP contribution < -0.4 is 10.6 Å². The molecule has 0 bridgehead atoms. The lowest BCUT2D eigenvalue weighted by Gasteiger charge is -2.11. The number of aliphatic hydroxyl groups excluding tert-OH is 1. The van der Waals surface area contributed by atoms with Gasteiger partial charge in [-0.3, -0.25) is 4.79 Å². The van der Waals surface area contributed by atoms with Gasteiger partial charge in [0.1, 0.15) is 0 Å². The van der Waals surface area contributed by atoms with Crippen molar-refractivity contribution in [1.29, 1.82) is 0 Å². The maximum Gasteiger partial charge on any atom is 0.340 e. The summed E-state index contributed by atoms with van der Waals surface area (Å²) in [4.78, 5) is 24.0. The molecule has 0 unspecified atom stereocenters. The van der Waals surface area contributed by atoms with E-state index in [0.717, 1.165) is 0 Å². The quantitative estimate of drug-likeness (QED) is 0.640. The zero-order valence-electron chi connectivity index (χ0n) is 13.1. The Morgan fingerprint density at radius 2 is 1.84 bits per heavy atom. The van der Waals surface area contributed by atoms with Crippen LogP contribution in [0, 0.1) is 0 Å². The lowest BCUT2D eigenvalue weighted by atomic mass is 10.2. The first-order chi connectivity index (χ1) is 12.0. The number of anilines is 2. The minimum atomic E-state index is -0.648. The Bertz CT molecular complexity index is 768. The van der Waals surface area contributed by atoms with Crippen LogP contribution in [0.4, 0.5) is 11.4 Å². The molecule has 1 amide bonds. The highest BCUT2D eigenvalue weighted by molar-refractivity contribution is 6.42. The van der Waals surface area contributed by atoms with Crippen LogP contribution in [0.5, 0.6) is 0 Å². The third kappa shape index (κ3) is 5.63. The molecule has 0 fully saturated rings. The topological polar surface area (TPSA) is 87.7 Å². The minimum absolute atomic E-state index is 0.0740. The molecule has 8 heteroatoms. The summed E-state index contributed by atoms with van der Waals surface area (Å²) in [6, 6.07) is 11.3. The molecule has 0 atom stereocenters. The smallest absolute Gasteiger partial charge is 0.340 e. The molecular formula is C17H16Cl2N2O4. The molecule has 25 heavy (non-hydrogen) atoms. The van der Waals surface area contributed by atoms with Crippen LogP contribution >= 0.6 is 23.2 Å². The van der Waals surface area contributed by atoms with Crippen LogP contribution in [-0.4, -0.2) is 36.7 Å². The molecule has 132 valence electrons. The van der Waals surface area contributed by atoms with E-state index in [1.54, 1.807) is 36.4 Å². The van der Waals surface area contributed by atoms with Crippen molar-refractivity contribution in [3.63, 3.8) is 0 Å². The van der Waals surface area contributed by atoms with Gasteiger partial charge in [-0.15, -0.1) is 0 Å². The van der Waals surface area contributed by atoms with E-state index in [4.69, 9.17) is 33.0 Å².